The predicted molar refractivity (Wildman–Crippen MR) is 72.6 cm³/mol. The molecule has 0 saturated heterocycles. The van der Waals surface area contributed by atoms with Gasteiger partial charge in [0.05, 0.1) is 18.8 Å². The maximum atomic E-state index is 6.18. The second-order valence-corrected chi connectivity index (χ2v) is 4.42. The molecule has 2 aromatic rings. The molecule has 0 bridgehead atoms. The van der Waals surface area contributed by atoms with E-state index in [1.807, 2.05) is 37.3 Å². The van der Waals surface area contributed by atoms with Crippen molar-refractivity contribution < 1.29 is 4.74 Å². The van der Waals surface area contributed by atoms with Gasteiger partial charge in [0.25, 0.3) is 0 Å². The third kappa shape index (κ3) is 3.08. The summed E-state index contributed by atoms with van der Waals surface area (Å²) in [5.74, 6) is 0.858. The van der Waals surface area contributed by atoms with Crippen molar-refractivity contribution in [1.29, 1.82) is 0 Å². The number of ether oxygens (including phenoxy) is 1. The number of aryl methyl sites for hydroxylation is 1. The molecule has 1 unspecified atom stereocenters. The average Bonchev–Trinajstić information content (AvgIpc) is 2.39. The molecule has 2 N–H and O–H groups in total. The summed E-state index contributed by atoms with van der Waals surface area (Å²) in [6.07, 6.45) is 2.56. The van der Waals surface area contributed by atoms with Gasteiger partial charge in [-0.25, -0.2) is 0 Å². The van der Waals surface area contributed by atoms with Crippen LogP contribution in [-0.4, -0.2) is 12.1 Å². The third-order valence-electron chi connectivity index (χ3n) is 2.91. The van der Waals surface area contributed by atoms with Crippen molar-refractivity contribution >= 4 is 0 Å². The lowest BCUT2D eigenvalue weighted by molar-refractivity contribution is 0.414. The monoisotopic (exact) mass is 242 g/mol. The van der Waals surface area contributed by atoms with Crippen LogP contribution in [0.4, 0.5) is 0 Å². The van der Waals surface area contributed by atoms with Crippen LogP contribution in [-0.2, 0) is 6.42 Å². The van der Waals surface area contributed by atoms with Gasteiger partial charge in [0, 0.05) is 6.20 Å². The highest BCUT2D eigenvalue weighted by Crippen LogP contribution is 2.18. The molecule has 0 spiro atoms. The van der Waals surface area contributed by atoms with E-state index in [2.05, 4.69) is 11.1 Å². The van der Waals surface area contributed by atoms with Crippen LogP contribution < -0.4 is 10.5 Å². The summed E-state index contributed by atoms with van der Waals surface area (Å²) in [5.41, 5.74) is 9.45. The lowest BCUT2D eigenvalue weighted by Crippen LogP contribution is -2.15. The second-order valence-electron chi connectivity index (χ2n) is 4.42. The van der Waals surface area contributed by atoms with Crippen molar-refractivity contribution in [3.05, 3.63) is 59.4 Å². The highest BCUT2D eigenvalue weighted by Gasteiger charge is 2.09. The van der Waals surface area contributed by atoms with Crippen LogP contribution in [0.1, 0.15) is 22.9 Å². The van der Waals surface area contributed by atoms with Crippen molar-refractivity contribution in [3.8, 4) is 5.75 Å². The number of benzene rings is 1. The van der Waals surface area contributed by atoms with E-state index in [9.17, 15) is 0 Å². The molecule has 0 aliphatic rings. The largest absolute Gasteiger partial charge is 0.497 e. The Morgan fingerprint density at radius 2 is 2.11 bits per heavy atom. The summed E-state index contributed by atoms with van der Waals surface area (Å²) < 4.78 is 5.20. The van der Waals surface area contributed by atoms with Crippen LogP contribution in [0.25, 0.3) is 0 Å². The number of nitrogens with zero attached hydrogens (tertiary/aromatic N) is 1. The fourth-order valence-corrected chi connectivity index (χ4v) is 1.92. The molecule has 3 nitrogen and oxygen atoms in total. The van der Waals surface area contributed by atoms with Gasteiger partial charge in [-0.05, 0) is 48.7 Å². The van der Waals surface area contributed by atoms with Crippen LogP contribution in [0.5, 0.6) is 5.75 Å². The SMILES string of the molecule is COc1cccc(CC(N)c2cc(C)ccn2)c1. The number of pyridine rings is 1. The number of hydrogen-bond donors (Lipinski definition) is 1. The topological polar surface area (TPSA) is 48.1 Å². The van der Waals surface area contributed by atoms with Gasteiger partial charge in [-0.2, -0.15) is 0 Å². The molecule has 1 heterocycles. The minimum Gasteiger partial charge on any atom is -0.497 e. The second kappa shape index (κ2) is 5.65. The Hall–Kier alpha value is -1.87. The Morgan fingerprint density at radius 3 is 2.83 bits per heavy atom. The van der Waals surface area contributed by atoms with Gasteiger partial charge in [0.15, 0.2) is 0 Å². The van der Waals surface area contributed by atoms with Crippen molar-refractivity contribution in [2.75, 3.05) is 7.11 Å². The van der Waals surface area contributed by atoms with E-state index in [0.29, 0.717) is 0 Å². The molecule has 1 aromatic heterocycles. The quantitative estimate of drug-likeness (QED) is 0.896. The Morgan fingerprint density at radius 1 is 1.28 bits per heavy atom. The molecular weight excluding hydrogens is 224 g/mol. The standard InChI is InChI=1S/C15H18N2O/c1-11-6-7-17-15(8-11)14(16)10-12-4-3-5-13(9-12)18-2/h3-9,14H,10,16H2,1-2H3. The van der Waals surface area contributed by atoms with Gasteiger partial charge in [0.2, 0.25) is 0 Å². The molecule has 94 valence electrons. The summed E-state index contributed by atoms with van der Waals surface area (Å²) in [6.45, 7) is 2.05. The van der Waals surface area contributed by atoms with E-state index in [0.717, 1.165) is 23.4 Å². The van der Waals surface area contributed by atoms with E-state index in [4.69, 9.17) is 10.5 Å². The lowest BCUT2D eigenvalue weighted by atomic mass is 10.0. The zero-order valence-corrected chi connectivity index (χ0v) is 10.8. The van der Waals surface area contributed by atoms with E-state index < -0.39 is 0 Å². The average molecular weight is 242 g/mol. The maximum absolute atomic E-state index is 6.18. The molecule has 3 heteroatoms. The molecule has 0 fully saturated rings. The molecule has 0 aliphatic heterocycles. The Labute approximate surface area is 108 Å². The van der Waals surface area contributed by atoms with Crippen LogP contribution >= 0.6 is 0 Å². The minimum atomic E-state index is -0.0861. The predicted octanol–water partition coefficient (Wildman–Crippen LogP) is 2.64. The number of rotatable bonds is 4. The third-order valence-corrected chi connectivity index (χ3v) is 2.91. The molecule has 0 aliphatic carbocycles. The first-order valence-electron chi connectivity index (χ1n) is 6.00. The molecule has 0 amide bonds. The first-order valence-corrected chi connectivity index (χ1v) is 6.00. The van der Waals surface area contributed by atoms with Crippen molar-refractivity contribution in [2.45, 2.75) is 19.4 Å². The summed E-state index contributed by atoms with van der Waals surface area (Å²) >= 11 is 0. The Balaban J connectivity index is 2.13. The van der Waals surface area contributed by atoms with Crippen molar-refractivity contribution in [3.63, 3.8) is 0 Å². The summed E-state index contributed by atoms with van der Waals surface area (Å²) in [7, 11) is 1.67. The molecule has 1 atom stereocenters. The fraction of sp³-hybridized carbons (Fsp3) is 0.267. The van der Waals surface area contributed by atoms with Crippen molar-refractivity contribution in [1.82, 2.24) is 4.98 Å². The molecule has 0 radical (unpaired) electrons. The summed E-state index contributed by atoms with van der Waals surface area (Å²) in [4.78, 5) is 4.32. The first kappa shape index (κ1) is 12.6. The normalized spacial score (nSPS) is 12.2. The smallest absolute Gasteiger partial charge is 0.119 e. The summed E-state index contributed by atoms with van der Waals surface area (Å²) in [6, 6.07) is 11.9. The molecule has 18 heavy (non-hydrogen) atoms. The molecule has 1 aromatic carbocycles. The number of methoxy groups -OCH3 is 1. The van der Waals surface area contributed by atoms with Gasteiger partial charge >= 0.3 is 0 Å². The fourth-order valence-electron chi connectivity index (χ4n) is 1.92. The molecule has 2 rings (SSSR count). The van der Waals surface area contributed by atoms with Gasteiger partial charge in [0.1, 0.15) is 5.75 Å². The zero-order valence-electron chi connectivity index (χ0n) is 10.8. The van der Waals surface area contributed by atoms with E-state index in [1.54, 1.807) is 13.3 Å². The van der Waals surface area contributed by atoms with E-state index in [-0.39, 0.29) is 6.04 Å². The lowest BCUT2D eigenvalue weighted by Gasteiger charge is -2.12. The van der Waals surface area contributed by atoms with Crippen molar-refractivity contribution in [2.24, 2.45) is 5.73 Å². The van der Waals surface area contributed by atoms with E-state index >= 15 is 0 Å². The first-order chi connectivity index (χ1) is 8.69. The Bertz CT molecular complexity index is 525. The molecule has 0 saturated carbocycles. The van der Waals surface area contributed by atoms with Crippen LogP contribution in [0.3, 0.4) is 0 Å². The minimum absolute atomic E-state index is 0.0861. The number of aromatic nitrogens is 1. The van der Waals surface area contributed by atoms with E-state index in [1.165, 1.54) is 5.56 Å². The van der Waals surface area contributed by atoms with Gasteiger partial charge in [-0.3, -0.25) is 4.98 Å². The van der Waals surface area contributed by atoms with Gasteiger partial charge < -0.3 is 10.5 Å². The van der Waals surface area contributed by atoms with Crippen LogP contribution in [0.2, 0.25) is 0 Å². The van der Waals surface area contributed by atoms with Gasteiger partial charge in [-0.15, -0.1) is 0 Å². The zero-order chi connectivity index (χ0) is 13.0. The molecular formula is C15H18N2O. The van der Waals surface area contributed by atoms with Crippen LogP contribution in [0, 0.1) is 6.92 Å². The maximum Gasteiger partial charge on any atom is 0.119 e. The van der Waals surface area contributed by atoms with Gasteiger partial charge in [-0.1, -0.05) is 12.1 Å². The number of hydrogen-bond acceptors (Lipinski definition) is 3. The Kier molecular flexibility index (Phi) is 3.95. The highest BCUT2D eigenvalue weighted by atomic mass is 16.5. The summed E-state index contributed by atoms with van der Waals surface area (Å²) in [5, 5.41) is 0. The highest BCUT2D eigenvalue weighted by molar-refractivity contribution is 5.30. The van der Waals surface area contributed by atoms with Crippen LogP contribution in [0.15, 0.2) is 42.6 Å². The number of nitrogens with two attached hydrogens (primary N) is 1.